The van der Waals surface area contributed by atoms with Gasteiger partial charge in [-0.05, 0) is 71.3 Å². The maximum atomic E-state index is 13.7. The van der Waals surface area contributed by atoms with Crippen LogP contribution in [-0.4, -0.2) is 57.6 Å². The van der Waals surface area contributed by atoms with Crippen LogP contribution in [0.25, 0.3) is 0 Å². The first kappa shape index (κ1) is 27.5. The Hall–Kier alpha value is -0.720. The number of rotatable bonds is 15. The van der Waals surface area contributed by atoms with Gasteiger partial charge in [0.2, 0.25) is 0 Å². The molecule has 0 bridgehead atoms. The van der Waals surface area contributed by atoms with Gasteiger partial charge < -0.3 is 22.8 Å². The summed E-state index contributed by atoms with van der Waals surface area (Å²) in [5.74, 6) is 0.690. The molecular formula is C22H39NO7P2. The first-order valence-corrected chi connectivity index (χ1v) is 14.9. The fourth-order valence-electron chi connectivity index (χ4n) is 3.83. The van der Waals surface area contributed by atoms with Crippen LogP contribution in [0.3, 0.4) is 0 Å². The van der Waals surface area contributed by atoms with Gasteiger partial charge in [0, 0.05) is 6.54 Å². The molecule has 0 aromatic heterocycles. The van der Waals surface area contributed by atoms with E-state index < -0.39 is 20.6 Å². The van der Waals surface area contributed by atoms with Crippen LogP contribution in [-0.2, 0) is 27.2 Å². The maximum absolute atomic E-state index is 13.7. The fourth-order valence-corrected chi connectivity index (χ4v) is 9.24. The van der Waals surface area contributed by atoms with Crippen molar-refractivity contribution in [1.29, 1.82) is 0 Å². The molecule has 0 N–H and O–H groups in total. The summed E-state index contributed by atoms with van der Waals surface area (Å²) in [6, 6.07) is 7.03. The molecule has 2 rings (SSSR count). The minimum Gasteiger partial charge on any atom is -0.492 e. The smallest absolute Gasteiger partial charge is 0.350 e. The Bertz CT molecular complexity index is 703. The number of benzene rings is 1. The van der Waals surface area contributed by atoms with Crippen LogP contribution in [0.2, 0.25) is 0 Å². The second-order valence-corrected chi connectivity index (χ2v) is 12.1. The molecule has 0 unspecified atom stereocenters. The minimum atomic E-state index is -3.85. The normalized spacial score (nSPS) is 15.9. The van der Waals surface area contributed by atoms with E-state index in [0.717, 1.165) is 19.6 Å². The van der Waals surface area contributed by atoms with Crippen LogP contribution in [0.5, 0.6) is 5.75 Å². The molecule has 1 aromatic carbocycles. The molecule has 1 heterocycles. The van der Waals surface area contributed by atoms with Crippen molar-refractivity contribution >= 4 is 15.2 Å². The van der Waals surface area contributed by atoms with Crippen LogP contribution in [0.15, 0.2) is 24.3 Å². The molecule has 1 aromatic rings. The molecule has 1 fully saturated rings. The van der Waals surface area contributed by atoms with Crippen molar-refractivity contribution < 1.29 is 32.0 Å². The van der Waals surface area contributed by atoms with Gasteiger partial charge in [-0.2, -0.15) is 0 Å². The average molecular weight is 492 g/mol. The maximum Gasteiger partial charge on any atom is 0.350 e. The Labute approximate surface area is 193 Å². The molecule has 0 spiro atoms. The van der Waals surface area contributed by atoms with Gasteiger partial charge in [0.05, 0.1) is 26.4 Å². The minimum absolute atomic E-state index is 0.143. The van der Waals surface area contributed by atoms with Crippen molar-refractivity contribution in [2.45, 2.75) is 52.4 Å². The van der Waals surface area contributed by atoms with E-state index in [2.05, 4.69) is 4.90 Å². The Morgan fingerprint density at radius 2 is 1.25 bits per heavy atom. The van der Waals surface area contributed by atoms with Crippen LogP contribution in [0.4, 0.5) is 0 Å². The van der Waals surface area contributed by atoms with Crippen molar-refractivity contribution in [2.75, 3.05) is 52.7 Å². The zero-order valence-electron chi connectivity index (χ0n) is 19.9. The lowest BCUT2D eigenvalue weighted by Gasteiger charge is -2.31. The number of hydrogen-bond acceptors (Lipinski definition) is 8. The molecule has 0 atom stereocenters. The molecule has 184 valence electrons. The number of ether oxygens (including phenoxy) is 1. The summed E-state index contributed by atoms with van der Waals surface area (Å²) in [5.41, 5.74) is 0.504. The standard InChI is InChI=1S/C22H39NO7P2/c1-5-27-31(24,28-6-2)22(32(25,29-7-3)30-8-4)20-12-14-21(15-13-20)26-19-18-23-16-10-9-11-17-23/h12-15,22H,5-11,16-19H2,1-4H3. The molecular weight excluding hydrogens is 452 g/mol. The molecule has 8 nitrogen and oxygen atoms in total. The SMILES string of the molecule is CCOP(=O)(OCC)C(c1ccc(OCCN2CCCCC2)cc1)P(=O)(OCC)OCC. The van der Waals surface area contributed by atoms with Crippen LogP contribution >= 0.6 is 15.2 Å². The quantitative estimate of drug-likeness (QED) is 0.273. The second-order valence-electron chi connectivity index (χ2n) is 7.44. The van der Waals surface area contributed by atoms with Gasteiger partial charge in [-0.15, -0.1) is 0 Å². The second kappa shape index (κ2) is 13.9. The van der Waals surface area contributed by atoms with Crippen LogP contribution < -0.4 is 4.74 Å². The zero-order valence-corrected chi connectivity index (χ0v) is 21.7. The van der Waals surface area contributed by atoms with E-state index in [1.807, 2.05) is 0 Å². The molecule has 10 heteroatoms. The first-order valence-electron chi connectivity index (χ1n) is 11.6. The van der Waals surface area contributed by atoms with Crippen molar-refractivity contribution in [3.63, 3.8) is 0 Å². The van der Waals surface area contributed by atoms with E-state index in [-0.39, 0.29) is 26.4 Å². The van der Waals surface area contributed by atoms with E-state index in [1.165, 1.54) is 19.3 Å². The third kappa shape index (κ3) is 7.66. The predicted molar refractivity (Wildman–Crippen MR) is 127 cm³/mol. The molecule has 32 heavy (non-hydrogen) atoms. The summed E-state index contributed by atoms with van der Waals surface area (Å²) in [7, 11) is -7.70. The summed E-state index contributed by atoms with van der Waals surface area (Å²) < 4.78 is 55.6. The lowest BCUT2D eigenvalue weighted by molar-refractivity contribution is 0.183. The van der Waals surface area contributed by atoms with Crippen molar-refractivity contribution in [3.05, 3.63) is 29.8 Å². The van der Waals surface area contributed by atoms with Crippen molar-refractivity contribution in [3.8, 4) is 5.75 Å². The predicted octanol–water partition coefficient (Wildman–Crippen LogP) is 6.08. The number of nitrogens with zero attached hydrogens (tertiary/aromatic N) is 1. The van der Waals surface area contributed by atoms with Gasteiger partial charge in [-0.1, -0.05) is 18.6 Å². The Balaban J connectivity index is 2.24. The van der Waals surface area contributed by atoms with Gasteiger partial charge in [0.1, 0.15) is 12.4 Å². The molecule has 1 aliphatic heterocycles. The summed E-state index contributed by atoms with van der Waals surface area (Å²) in [6.45, 7) is 11.2. The van der Waals surface area contributed by atoms with Crippen LogP contribution in [0.1, 0.15) is 57.9 Å². The molecule has 1 aliphatic rings. The average Bonchev–Trinajstić information content (AvgIpc) is 2.76. The van der Waals surface area contributed by atoms with Gasteiger partial charge >= 0.3 is 15.2 Å². The summed E-state index contributed by atoms with van der Waals surface area (Å²) >= 11 is 0. The highest BCUT2D eigenvalue weighted by Gasteiger charge is 2.51. The lowest BCUT2D eigenvalue weighted by Crippen LogP contribution is -2.33. The summed E-state index contributed by atoms with van der Waals surface area (Å²) in [6.07, 6.45) is 3.80. The highest BCUT2D eigenvalue weighted by atomic mass is 31.2. The Morgan fingerprint density at radius 3 is 1.69 bits per heavy atom. The van der Waals surface area contributed by atoms with Gasteiger partial charge in [0.25, 0.3) is 0 Å². The molecule has 0 aliphatic carbocycles. The lowest BCUT2D eigenvalue weighted by atomic mass is 10.1. The van der Waals surface area contributed by atoms with Gasteiger partial charge in [-0.25, -0.2) is 0 Å². The van der Waals surface area contributed by atoms with E-state index in [0.29, 0.717) is 17.9 Å². The topological polar surface area (TPSA) is 83.5 Å². The first-order chi connectivity index (χ1) is 15.4. The van der Waals surface area contributed by atoms with Gasteiger partial charge in [0.15, 0.2) is 5.40 Å². The monoisotopic (exact) mass is 491 g/mol. The number of hydrogen-bond donors (Lipinski definition) is 0. The largest absolute Gasteiger partial charge is 0.492 e. The van der Waals surface area contributed by atoms with Crippen molar-refractivity contribution in [2.24, 2.45) is 0 Å². The molecule has 0 amide bonds. The Morgan fingerprint density at radius 1 is 0.781 bits per heavy atom. The van der Waals surface area contributed by atoms with Crippen molar-refractivity contribution in [1.82, 2.24) is 4.90 Å². The van der Waals surface area contributed by atoms with Gasteiger partial charge in [-0.3, -0.25) is 14.0 Å². The highest BCUT2D eigenvalue weighted by molar-refractivity contribution is 7.72. The molecule has 0 saturated carbocycles. The fraction of sp³-hybridized carbons (Fsp3) is 0.727. The molecule has 0 radical (unpaired) electrons. The zero-order chi connectivity index (χ0) is 23.5. The Kier molecular flexibility index (Phi) is 11.9. The van der Waals surface area contributed by atoms with Crippen LogP contribution in [0, 0.1) is 0 Å². The number of piperidine rings is 1. The third-order valence-electron chi connectivity index (χ3n) is 5.14. The summed E-state index contributed by atoms with van der Waals surface area (Å²) in [5, 5.41) is -1.18. The van der Waals surface area contributed by atoms with E-state index >= 15 is 0 Å². The molecule has 1 saturated heterocycles. The van der Waals surface area contributed by atoms with E-state index in [4.69, 9.17) is 22.8 Å². The third-order valence-corrected chi connectivity index (χ3v) is 11.1. The number of likely N-dealkylation sites (tertiary alicyclic amines) is 1. The highest BCUT2D eigenvalue weighted by Crippen LogP contribution is 2.78. The van der Waals surface area contributed by atoms with E-state index in [1.54, 1.807) is 52.0 Å². The summed E-state index contributed by atoms with van der Waals surface area (Å²) in [4.78, 5) is 2.41. The van der Waals surface area contributed by atoms with E-state index in [9.17, 15) is 9.13 Å².